The molecule has 2 aromatic carbocycles. The van der Waals surface area contributed by atoms with Crippen molar-refractivity contribution >= 4 is 12.0 Å². The molecule has 0 bridgehead atoms. The lowest BCUT2D eigenvalue weighted by atomic mass is 10.1. The zero-order chi connectivity index (χ0) is 20.6. The molecule has 0 atom stereocenters. The maximum Gasteiger partial charge on any atom is 0.349 e. The number of hydrogen-bond donors (Lipinski definition) is 0. The first kappa shape index (κ1) is 19.6. The van der Waals surface area contributed by atoms with Crippen molar-refractivity contribution in [3.05, 3.63) is 84.6 Å². The van der Waals surface area contributed by atoms with Gasteiger partial charge in [0.15, 0.2) is 0 Å². The van der Waals surface area contributed by atoms with E-state index < -0.39 is 5.97 Å². The molecule has 0 fully saturated rings. The summed E-state index contributed by atoms with van der Waals surface area (Å²) < 4.78 is 12.2. The Bertz CT molecular complexity index is 1090. The van der Waals surface area contributed by atoms with Gasteiger partial charge in [0.1, 0.15) is 29.7 Å². The number of para-hydroxylation sites is 2. The number of nitrogens with zero attached hydrogens (tertiary/aromatic N) is 3. The molecule has 0 aliphatic rings. The molecule has 29 heavy (non-hydrogen) atoms. The van der Waals surface area contributed by atoms with Gasteiger partial charge < -0.3 is 9.47 Å². The number of esters is 1. The van der Waals surface area contributed by atoms with Crippen LogP contribution in [-0.2, 0) is 9.53 Å². The van der Waals surface area contributed by atoms with Crippen LogP contribution in [0.3, 0.4) is 0 Å². The van der Waals surface area contributed by atoms with Crippen LogP contribution in [-0.4, -0.2) is 29.5 Å². The maximum absolute atomic E-state index is 12.2. The van der Waals surface area contributed by atoms with Crippen molar-refractivity contribution in [1.82, 2.24) is 9.78 Å². The van der Waals surface area contributed by atoms with Crippen molar-refractivity contribution in [3.63, 3.8) is 0 Å². The second kappa shape index (κ2) is 9.20. The first-order valence-corrected chi connectivity index (χ1v) is 8.86. The van der Waals surface area contributed by atoms with Crippen molar-refractivity contribution in [2.24, 2.45) is 0 Å². The summed E-state index contributed by atoms with van der Waals surface area (Å²) in [6.45, 7) is 3.53. The fourth-order valence-electron chi connectivity index (χ4n) is 2.76. The second-order valence-electron chi connectivity index (χ2n) is 5.97. The largest absolute Gasteiger partial charge is 0.496 e. The molecule has 0 aliphatic carbocycles. The Kier molecular flexibility index (Phi) is 6.23. The molecule has 0 N–H and O–H groups in total. The van der Waals surface area contributed by atoms with E-state index in [2.05, 4.69) is 11.7 Å². The molecule has 0 spiro atoms. The van der Waals surface area contributed by atoms with E-state index in [9.17, 15) is 10.1 Å². The third-order valence-corrected chi connectivity index (χ3v) is 4.10. The van der Waals surface area contributed by atoms with Gasteiger partial charge >= 0.3 is 5.97 Å². The number of methoxy groups -OCH3 is 1. The van der Waals surface area contributed by atoms with Crippen LogP contribution in [0.25, 0.3) is 23.0 Å². The lowest BCUT2D eigenvalue weighted by Gasteiger charge is -2.07. The smallest absolute Gasteiger partial charge is 0.349 e. The van der Waals surface area contributed by atoms with E-state index >= 15 is 0 Å². The van der Waals surface area contributed by atoms with Gasteiger partial charge in [-0.1, -0.05) is 43.0 Å². The topological polar surface area (TPSA) is 77.1 Å². The molecule has 3 rings (SSSR count). The Morgan fingerprint density at radius 2 is 1.93 bits per heavy atom. The van der Waals surface area contributed by atoms with Crippen molar-refractivity contribution in [1.29, 1.82) is 5.26 Å². The van der Waals surface area contributed by atoms with Gasteiger partial charge in [0.05, 0.1) is 12.8 Å². The molecular formula is C23H19N3O3. The molecule has 144 valence electrons. The predicted molar refractivity (Wildman–Crippen MR) is 110 cm³/mol. The number of ether oxygens (including phenoxy) is 2. The van der Waals surface area contributed by atoms with E-state index in [1.165, 1.54) is 12.2 Å². The quantitative estimate of drug-likeness (QED) is 0.264. The average molecular weight is 385 g/mol. The molecule has 1 heterocycles. The Morgan fingerprint density at radius 3 is 2.62 bits per heavy atom. The van der Waals surface area contributed by atoms with Crippen LogP contribution in [0.4, 0.5) is 0 Å². The van der Waals surface area contributed by atoms with Gasteiger partial charge in [-0.2, -0.15) is 10.4 Å². The Labute approximate surface area is 168 Å². The molecular weight excluding hydrogens is 366 g/mol. The summed E-state index contributed by atoms with van der Waals surface area (Å²) >= 11 is 0. The average Bonchev–Trinajstić information content (AvgIpc) is 3.20. The van der Waals surface area contributed by atoms with Gasteiger partial charge in [-0.15, -0.1) is 0 Å². The fourth-order valence-corrected chi connectivity index (χ4v) is 2.76. The predicted octanol–water partition coefficient (Wildman–Crippen LogP) is 4.18. The summed E-state index contributed by atoms with van der Waals surface area (Å²) in [6.07, 6.45) is 4.68. The van der Waals surface area contributed by atoms with E-state index in [-0.39, 0.29) is 12.2 Å². The highest BCUT2D eigenvalue weighted by Gasteiger charge is 2.18. The first-order chi connectivity index (χ1) is 14.2. The summed E-state index contributed by atoms with van der Waals surface area (Å²) in [5.74, 6) is -0.0842. The molecule has 6 nitrogen and oxygen atoms in total. The highest BCUT2D eigenvalue weighted by Crippen LogP contribution is 2.32. The molecule has 6 heteroatoms. The molecule has 0 amide bonds. The summed E-state index contributed by atoms with van der Waals surface area (Å²) in [4.78, 5) is 12.2. The fraction of sp³-hybridized carbons (Fsp3) is 0.0870. The highest BCUT2D eigenvalue weighted by atomic mass is 16.5. The van der Waals surface area contributed by atoms with Crippen molar-refractivity contribution < 1.29 is 14.3 Å². The van der Waals surface area contributed by atoms with E-state index in [4.69, 9.17) is 9.47 Å². The summed E-state index contributed by atoms with van der Waals surface area (Å²) in [5.41, 5.74) is 2.63. The van der Waals surface area contributed by atoms with Crippen molar-refractivity contribution in [2.45, 2.75) is 0 Å². The van der Waals surface area contributed by atoms with Gasteiger partial charge in [-0.25, -0.2) is 9.48 Å². The summed E-state index contributed by atoms with van der Waals surface area (Å²) in [7, 11) is 1.58. The molecule has 1 aromatic heterocycles. The maximum atomic E-state index is 12.2. The number of carbonyl (C=O) groups is 1. The minimum atomic E-state index is -0.717. The van der Waals surface area contributed by atoms with Crippen LogP contribution in [0.2, 0.25) is 0 Å². The van der Waals surface area contributed by atoms with E-state index in [1.807, 2.05) is 60.7 Å². The lowest BCUT2D eigenvalue weighted by molar-refractivity contribution is -0.137. The molecule has 0 saturated heterocycles. The standard InChI is InChI=1S/C23H19N3O3/c1-3-13-29-23(27)17(15-24)14-18-16-26(19-9-5-4-6-10-19)25-22(18)20-11-7-8-12-21(20)28-2/h3-12,14,16H,1,13H2,2H3/b17-14+. The van der Waals surface area contributed by atoms with E-state index in [0.717, 1.165) is 11.3 Å². The molecule has 0 saturated carbocycles. The number of benzene rings is 2. The second-order valence-corrected chi connectivity index (χ2v) is 5.97. The normalized spacial score (nSPS) is 10.8. The number of rotatable bonds is 7. The third-order valence-electron chi connectivity index (χ3n) is 4.10. The minimum absolute atomic E-state index is 0.0283. The Balaban J connectivity index is 2.15. The van der Waals surface area contributed by atoms with Gasteiger partial charge in [-0.3, -0.25) is 0 Å². The zero-order valence-corrected chi connectivity index (χ0v) is 15.9. The van der Waals surface area contributed by atoms with Gasteiger partial charge in [0, 0.05) is 17.3 Å². The number of nitriles is 1. The zero-order valence-electron chi connectivity index (χ0n) is 15.9. The van der Waals surface area contributed by atoms with Gasteiger partial charge in [0.25, 0.3) is 0 Å². The minimum Gasteiger partial charge on any atom is -0.496 e. The van der Waals surface area contributed by atoms with E-state index in [1.54, 1.807) is 18.0 Å². The summed E-state index contributed by atoms with van der Waals surface area (Å²) in [5, 5.41) is 14.1. The van der Waals surface area contributed by atoms with E-state index in [0.29, 0.717) is 17.0 Å². The van der Waals surface area contributed by atoms with Gasteiger partial charge in [-0.05, 0) is 30.3 Å². The lowest BCUT2D eigenvalue weighted by Crippen LogP contribution is -2.06. The van der Waals surface area contributed by atoms with Crippen molar-refractivity contribution in [3.8, 4) is 28.8 Å². The van der Waals surface area contributed by atoms with Crippen LogP contribution >= 0.6 is 0 Å². The number of carbonyl (C=O) groups excluding carboxylic acids is 1. The van der Waals surface area contributed by atoms with Gasteiger partial charge in [0.2, 0.25) is 0 Å². The molecule has 0 unspecified atom stereocenters. The van der Waals surface area contributed by atoms with Crippen molar-refractivity contribution in [2.75, 3.05) is 13.7 Å². The monoisotopic (exact) mass is 385 g/mol. The van der Waals surface area contributed by atoms with Crippen LogP contribution < -0.4 is 4.74 Å². The highest BCUT2D eigenvalue weighted by molar-refractivity contribution is 5.99. The van der Waals surface area contributed by atoms with Crippen LogP contribution in [0.15, 0.2) is 79.0 Å². The third kappa shape index (κ3) is 4.42. The number of aromatic nitrogens is 2. The Hall–Kier alpha value is -4.11. The van der Waals surface area contributed by atoms with Crippen LogP contribution in [0, 0.1) is 11.3 Å². The summed E-state index contributed by atoms with van der Waals surface area (Å²) in [6, 6.07) is 18.9. The molecule has 0 radical (unpaired) electrons. The van der Waals surface area contributed by atoms with Crippen LogP contribution in [0.5, 0.6) is 5.75 Å². The first-order valence-electron chi connectivity index (χ1n) is 8.86. The molecule has 3 aromatic rings. The SMILES string of the molecule is C=CCOC(=O)/C(C#N)=C/c1cn(-c2ccccc2)nc1-c1ccccc1OC. The number of hydrogen-bond acceptors (Lipinski definition) is 5. The van der Waals surface area contributed by atoms with Crippen LogP contribution in [0.1, 0.15) is 5.56 Å². The Morgan fingerprint density at radius 1 is 1.21 bits per heavy atom. The molecule has 0 aliphatic heterocycles.